The van der Waals surface area contributed by atoms with Crippen molar-refractivity contribution < 1.29 is 137 Å². The van der Waals surface area contributed by atoms with Gasteiger partial charge < -0.3 is 92.0 Å². The molecule has 5 aromatic heterocycles. The van der Waals surface area contributed by atoms with Gasteiger partial charge in [0, 0.05) is 39.0 Å². The van der Waals surface area contributed by atoms with Crippen LogP contribution in [0.2, 0.25) is 0 Å². The maximum atomic E-state index is 12.1. The average molecular weight is 2080 g/mol. The van der Waals surface area contributed by atoms with Crippen LogP contribution in [0.1, 0.15) is 134 Å². The Bertz CT molecular complexity index is 4940. The molecule has 0 saturated heterocycles. The van der Waals surface area contributed by atoms with Crippen LogP contribution in [0.25, 0.3) is 54.8 Å². The molecule has 0 bridgehead atoms. The minimum absolute atomic E-state index is 0. The van der Waals surface area contributed by atoms with Gasteiger partial charge in [0.05, 0.1) is 92.4 Å². The van der Waals surface area contributed by atoms with Gasteiger partial charge in [-0.1, -0.05) is 115 Å². The predicted octanol–water partition coefficient (Wildman–Crippen LogP) is 7.67. The number of quaternary nitrogens is 1. The minimum Gasteiger partial charge on any atom is -1.00 e. The van der Waals surface area contributed by atoms with Crippen molar-refractivity contribution in [3.05, 3.63) is 234 Å². The van der Waals surface area contributed by atoms with Crippen molar-refractivity contribution >= 4 is 206 Å². The van der Waals surface area contributed by atoms with Crippen LogP contribution in [-0.4, -0.2) is 160 Å². The van der Waals surface area contributed by atoms with Crippen LogP contribution in [0.4, 0.5) is 0 Å². The second-order valence-corrected chi connectivity index (χ2v) is 77.5. The Labute approximate surface area is 770 Å². The van der Waals surface area contributed by atoms with Crippen molar-refractivity contribution in [2.24, 2.45) is 20.2 Å². The van der Waals surface area contributed by atoms with Crippen LogP contribution >= 0.6 is 48.7 Å². The summed E-state index contributed by atoms with van der Waals surface area (Å²) >= 11 is 13.3. The Morgan fingerprint density at radius 2 is 0.917 bits per heavy atom. The van der Waals surface area contributed by atoms with Crippen LogP contribution in [0.15, 0.2) is 237 Å². The number of halogens is 5. The molecule has 0 radical (unpaired) electrons. The molecule has 5 heterocycles. The summed E-state index contributed by atoms with van der Waals surface area (Å²) in [6.07, 6.45) is 0.638. The second-order valence-electron chi connectivity index (χ2n) is 26.9. The van der Waals surface area contributed by atoms with Crippen molar-refractivity contribution in [3.63, 3.8) is 0 Å². The number of nitrogens with zero attached hydrogens (tertiary/aromatic N) is 3. The monoisotopic (exact) mass is 2080 g/mol. The number of furan rings is 5. The third kappa shape index (κ3) is 43.8. The van der Waals surface area contributed by atoms with E-state index in [0.29, 0.717) is 29.0 Å². The third-order valence-electron chi connectivity index (χ3n) is 15.0. The first kappa shape index (κ1) is 116. The number of ether oxygens (including phenoxy) is 2. The van der Waals surface area contributed by atoms with Crippen molar-refractivity contribution in [2.75, 3.05) is 34.0 Å². The Morgan fingerprint density at radius 1 is 0.587 bits per heavy atom. The number of aliphatic carboxylic acids is 2. The summed E-state index contributed by atoms with van der Waals surface area (Å²) in [7, 11) is -2.23. The number of carboxylic acid groups (broad SMARTS) is 2. The van der Waals surface area contributed by atoms with E-state index >= 15 is 0 Å². The summed E-state index contributed by atoms with van der Waals surface area (Å²) in [5, 5.41) is 80.4. The number of carbonyl (C=O) groups excluding carboxylic acids is 2. The summed E-state index contributed by atoms with van der Waals surface area (Å²) in [6.45, 7) is 16.9. The SMILES string of the molecule is C.CC(C)(C)[S@@](N)=O.CC(C)(C)[S@](=O)N[C@H](C(=O)O)c1cc2ccccc2o1.CC(C)(C)[S@](=O)N[C@H](CO)c1cc2ccccc2o1.COc1ccc(C=O)cc1.COc1ccc(CN[C@H](CO)c2cc3ccccc3o2)cc1.N=NN=NCl.O=CC(=O)O.OB(O)c1cc2ccccc2o1.[AlH3].[Br][In]([Br])[Br].[Cl-].[H-].[Li+].[NH3+][C@H](CO)c1cc2ccccc2o1. The number of rotatable bonds is 21. The predicted molar refractivity (Wildman–Crippen MR) is 486 cm³/mol. The maximum absolute atomic E-state index is 12.1. The van der Waals surface area contributed by atoms with Crippen molar-refractivity contribution in [3.8, 4) is 11.5 Å². The van der Waals surface area contributed by atoms with Crippen molar-refractivity contribution in [2.45, 2.75) is 115 Å². The van der Waals surface area contributed by atoms with Crippen LogP contribution < -0.4 is 72.0 Å². The van der Waals surface area contributed by atoms with E-state index in [0.717, 1.165) is 78.5 Å². The van der Waals surface area contributed by atoms with E-state index in [9.17, 15) is 37.5 Å². The Kier molecular flexibility index (Phi) is 58.7. The van der Waals surface area contributed by atoms with E-state index in [4.69, 9.17) is 72.1 Å². The molecule has 0 fully saturated rings. The number of para-hydroxylation sites is 5. The van der Waals surface area contributed by atoms with Crippen molar-refractivity contribution in [1.29, 1.82) is 5.53 Å². The molecule has 7 atom stereocenters. The number of aldehydes is 2. The number of carbonyl (C=O) groups is 4. The summed E-state index contributed by atoms with van der Waals surface area (Å²) in [4.78, 5) is 39.5. The number of carboxylic acids is 2. The van der Waals surface area contributed by atoms with Gasteiger partial charge in [-0.15, -0.1) is 0 Å². The quantitative estimate of drug-likeness (QED) is 0.0108. The van der Waals surface area contributed by atoms with Crippen molar-refractivity contribution in [1.82, 2.24) is 14.8 Å². The zero-order chi connectivity index (χ0) is 87.6. The molecule has 16 N–H and O–H groups in total. The summed E-state index contributed by atoms with van der Waals surface area (Å²) in [5.41, 5.74) is 15.3. The maximum Gasteiger partial charge on any atom is 1.00 e. The number of aliphatic hydroxyl groups is 3. The smallest absolute Gasteiger partial charge is 1.00 e. The van der Waals surface area contributed by atoms with Crippen LogP contribution in [0.5, 0.6) is 11.5 Å². The number of hydrogen-bond acceptors (Lipinski definition) is 22. The van der Waals surface area contributed by atoms with Gasteiger partial charge in [-0.05, 0) is 175 Å². The first-order valence-corrected chi connectivity index (χ1v) is 61.0. The Morgan fingerprint density at radius 3 is 1.21 bits per heavy atom. The van der Waals surface area contributed by atoms with Crippen LogP contribution in [0, 0.1) is 5.53 Å². The minimum atomic E-state index is -1.53. The molecule has 42 heteroatoms. The number of methoxy groups -OCH3 is 2. The van der Waals surface area contributed by atoms with Gasteiger partial charge in [0.2, 0.25) is 6.29 Å². The third-order valence-corrected chi connectivity index (χ3v) is 19.5. The molecular weight excluding hydrogens is 1980 g/mol. The van der Waals surface area contributed by atoms with E-state index in [1.54, 1.807) is 83.5 Å². The van der Waals surface area contributed by atoms with Gasteiger partial charge in [-0.2, -0.15) is 5.53 Å². The molecule has 0 aliphatic heterocycles. The molecule has 7 aromatic carbocycles. The van der Waals surface area contributed by atoms with Gasteiger partial charge >= 0.3 is 89.3 Å². The van der Waals surface area contributed by atoms with E-state index in [1.165, 1.54) is 0 Å². The average Bonchev–Trinajstić information content (AvgIpc) is 1.69. The molecule has 0 saturated carbocycles. The van der Waals surface area contributed by atoms with Gasteiger partial charge in [0.1, 0.15) is 81.3 Å². The fourth-order valence-corrected chi connectivity index (χ4v) is 10.5. The zero-order valence-corrected chi connectivity index (χ0v) is 79.1. The Hall–Kier alpha value is -6.55. The molecule has 12 rings (SSSR count). The molecule has 0 aliphatic carbocycles. The second kappa shape index (κ2) is 60.9. The van der Waals surface area contributed by atoms with Crippen LogP contribution in [-0.2, 0) is 53.9 Å². The summed E-state index contributed by atoms with van der Waals surface area (Å²) in [6, 6.07) is 59.6. The molecule has 0 spiro atoms. The number of benzene rings is 7. The largest absolute Gasteiger partial charge is 1.00 e. The topological polar surface area (TPSA) is 496 Å². The molecule has 0 amide bonds. The molecule has 30 nitrogen and oxygen atoms in total. The normalized spacial score (nSPS) is 12.2. The number of nitrogens with two attached hydrogens (primary N) is 1. The molecule has 121 heavy (non-hydrogen) atoms. The molecule has 12 aromatic rings. The number of fused-ring (bicyclic) bond motifs is 5. The van der Waals surface area contributed by atoms with Gasteiger partial charge in [-0.3, -0.25) is 14.7 Å². The molecule has 0 unspecified atom stereocenters. The number of aliphatic hydroxyl groups excluding tert-OH is 3. The molecule has 654 valence electrons. The number of nitrogens with one attached hydrogen (secondary N) is 4. The van der Waals surface area contributed by atoms with E-state index in [-0.39, 0.29) is 117 Å². The Balaban J connectivity index is -0.00000134. The summed E-state index contributed by atoms with van der Waals surface area (Å²) in [5.74, 6) is 1.38. The van der Waals surface area contributed by atoms with Gasteiger partial charge in [-0.25, -0.2) is 31.7 Å². The van der Waals surface area contributed by atoms with E-state index in [2.05, 4.69) is 84.2 Å². The van der Waals surface area contributed by atoms with Gasteiger partial charge in [0.15, 0.2) is 35.2 Å². The fourth-order valence-electron chi connectivity index (χ4n) is 8.86. The van der Waals surface area contributed by atoms with Crippen LogP contribution in [0.3, 0.4) is 0 Å². The van der Waals surface area contributed by atoms with E-state index < -0.39 is 83.3 Å². The number of hydrogen-bond donors (Lipinski definition) is 13. The summed E-state index contributed by atoms with van der Waals surface area (Å²) < 4.78 is 79.1. The first-order valence-electron chi connectivity index (χ1n) is 34.9. The first-order chi connectivity index (χ1) is 55.3. The zero-order valence-electron chi connectivity index (χ0n) is 68.1. The fraction of sp³-hybridized carbons (Fsp3) is 0.291. The molecule has 0 aliphatic rings. The van der Waals surface area contributed by atoms with Gasteiger partial charge in [0.25, 0.3) is 0 Å². The van der Waals surface area contributed by atoms with E-state index in [1.807, 2.05) is 193 Å². The standard InChI is InChI=1S/C18H19NO3.C14H17NO4S.C14H19NO3S.C10H11NO2.C8H7BO3.C8H8O2.C4H11NOS.C2H2O3.CH4.Al.3BrH.ClHN4.ClH.In.Li.4H/c1-21-15-8-6-13(7-9-15)11-19-16(12-20)18-10-14-4-2-3-5-17(14)22-18;1-14(2,3)20(18)15-12(13(16)17)11-8-9-6-4-5-7-10(9)19-11;1-14(2,3)19(17)15-11(9-16)13-8-10-6-4-5-7-12(10)18-13;11-8(6-12)10-5-7-3-1-2-4-9(7)13-10;10-9(11)8-5-6-3-1-2-4-7(6)12-8;1-10-8-4-2-7(6-9)3-5-8;1-4(2,3)7(5)6;3-1-2(4)5;;;;;;1-3-5-4-2;;;;;;;/h2-10,16,19-20H,11-12H2,1H3;4-8,12,15H,1-3H3,(H,16,17);4-8,11,15-16H,9H2,1-3H3;1-5,8,12H,6,11H2;1-5,10-11H;2-6H,1H3;5H2,1-3H3;1H,(H,4,5);1H4;;3*1H;2H;1H;;;;;;/q;;;;;;;;;;;;;;;+3;+1;;;;-1/p-3/t16-;12-,20-;11-,19+;8-;;;7-;;;;;;;;;;;;;;/m1011..0............../s1. The molecular formula is C79H104AlBBr3Cl2InLiN9O21S3.